The number of carbonyl (C=O) groups is 2. The minimum absolute atomic E-state index is 0.0347. The third-order valence-corrected chi connectivity index (χ3v) is 3.04. The summed E-state index contributed by atoms with van der Waals surface area (Å²) >= 11 is 1.39. The van der Waals surface area contributed by atoms with Gasteiger partial charge in [0, 0.05) is 0 Å². The van der Waals surface area contributed by atoms with Crippen molar-refractivity contribution in [2.75, 3.05) is 0 Å². The van der Waals surface area contributed by atoms with Crippen molar-refractivity contribution in [2.24, 2.45) is 0 Å². The van der Waals surface area contributed by atoms with Crippen LogP contribution >= 0.6 is 11.3 Å². The molecule has 1 aromatic heterocycles. The van der Waals surface area contributed by atoms with E-state index in [1.165, 1.54) is 18.3 Å². The Morgan fingerprint density at radius 2 is 2.14 bits per heavy atom. The van der Waals surface area contributed by atoms with E-state index >= 15 is 0 Å². The van der Waals surface area contributed by atoms with Crippen LogP contribution in [-0.4, -0.2) is 17.7 Å². The fraction of sp³-hybridized carbons (Fsp3) is 0.400. The second-order valence-corrected chi connectivity index (χ2v) is 4.15. The highest BCUT2D eigenvalue weighted by Gasteiger charge is 2.15. The Bertz CT molecular complexity index is 357. The highest BCUT2D eigenvalue weighted by molar-refractivity contribution is 7.12. The number of aryl methyl sites for hydroxylation is 1. The van der Waals surface area contributed by atoms with Gasteiger partial charge in [-0.05, 0) is 37.8 Å². The van der Waals surface area contributed by atoms with E-state index in [4.69, 9.17) is 0 Å². The smallest absolute Gasteiger partial charge is 0.262 e. The summed E-state index contributed by atoms with van der Waals surface area (Å²) in [6.07, 6.45) is 0. The Morgan fingerprint density at radius 1 is 1.50 bits per heavy atom. The summed E-state index contributed by atoms with van der Waals surface area (Å²) in [5.41, 5.74) is 0.947. The summed E-state index contributed by atoms with van der Waals surface area (Å²) in [7, 11) is 0. The molecule has 0 aliphatic carbocycles. The molecule has 0 saturated carbocycles. The summed E-state index contributed by atoms with van der Waals surface area (Å²) in [5.74, 6) is -0.201. The van der Waals surface area contributed by atoms with Crippen molar-refractivity contribution in [3.8, 4) is 0 Å². The number of nitrogens with one attached hydrogen (secondary N) is 1. The molecule has 0 radical (unpaired) electrons. The van der Waals surface area contributed by atoms with Gasteiger partial charge in [0.15, 0.2) is 5.78 Å². The average Bonchev–Trinajstić information content (AvgIpc) is 2.51. The number of carbonyl (C=O) groups excluding carboxylic acids is 2. The Morgan fingerprint density at radius 3 is 2.57 bits per heavy atom. The molecule has 1 aromatic rings. The third-order valence-electron chi connectivity index (χ3n) is 2.03. The SMILES string of the molecule is CC(=O)C(C)NC(=O)c1sccc1C. The van der Waals surface area contributed by atoms with Crippen molar-refractivity contribution in [1.82, 2.24) is 5.32 Å². The first-order valence-corrected chi connectivity index (χ1v) is 5.25. The fourth-order valence-electron chi connectivity index (χ4n) is 0.969. The maximum atomic E-state index is 11.6. The monoisotopic (exact) mass is 211 g/mol. The first-order valence-electron chi connectivity index (χ1n) is 4.37. The molecule has 1 unspecified atom stereocenters. The quantitative estimate of drug-likeness (QED) is 0.828. The standard InChI is InChI=1S/C10H13NO2S/c1-6-4-5-14-9(6)10(13)11-7(2)8(3)12/h4-5,7H,1-3H3,(H,11,13). The second-order valence-electron chi connectivity index (χ2n) is 3.24. The van der Waals surface area contributed by atoms with Gasteiger partial charge >= 0.3 is 0 Å². The van der Waals surface area contributed by atoms with Crippen molar-refractivity contribution in [3.63, 3.8) is 0 Å². The third kappa shape index (κ3) is 2.42. The van der Waals surface area contributed by atoms with Gasteiger partial charge in [0.25, 0.3) is 5.91 Å². The van der Waals surface area contributed by atoms with Crippen LogP contribution in [0.1, 0.15) is 29.1 Å². The van der Waals surface area contributed by atoms with Crippen molar-refractivity contribution >= 4 is 23.0 Å². The number of rotatable bonds is 3. The molecule has 1 amide bonds. The minimum Gasteiger partial charge on any atom is -0.342 e. The van der Waals surface area contributed by atoms with E-state index in [-0.39, 0.29) is 11.7 Å². The molecule has 1 heterocycles. The number of amides is 1. The van der Waals surface area contributed by atoms with Crippen LogP contribution < -0.4 is 5.32 Å². The maximum Gasteiger partial charge on any atom is 0.262 e. The number of ketones is 1. The molecular formula is C10H13NO2S. The van der Waals surface area contributed by atoms with Crippen LogP contribution in [0.15, 0.2) is 11.4 Å². The highest BCUT2D eigenvalue weighted by atomic mass is 32.1. The average molecular weight is 211 g/mol. The molecule has 1 rings (SSSR count). The molecule has 0 fully saturated rings. The van der Waals surface area contributed by atoms with Crippen LogP contribution in [0.2, 0.25) is 0 Å². The number of thiophene rings is 1. The largest absolute Gasteiger partial charge is 0.342 e. The molecule has 76 valence electrons. The van der Waals surface area contributed by atoms with E-state index in [1.54, 1.807) is 6.92 Å². The van der Waals surface area contributed by atoms with E-state index in [2.05, 4.69) is 5.32 Å². The lowest BCUT2D eigenvalue weighted by atomic mass is 10.2. The van der Waals surface area contributed by atoms with Crippen LogP contribution in [-0.2, 0) is 4.79 Å². The van der Waals surface area contributed by atoms with Gasteiger partial charge in [0.1, 0.15) is 0 Å². The number of hydrogen-bond acceptors (Lipinski definition) is 3. The zero-order chi connectivity index (χ0) is 10.7. The molecule has 0 aromatic carbocycles. The minimum atomic E-state index is -0.413. The summed E-state index contributed by atoms with van der Waals surface area (Å²) in [4.78, 5) is 23.2. The van der Waals surface area contributed by atoms with E-state index < -0.39 is 6.04 Å². The van der Waals surface area contributed by atoms with E-state index in [1.807, 2.05) is 18.4 Å². The molecule has 0 bridgehead atoms. The molecule has 0 saturated heterocycles. The fourth-order valence-corrected chi connectivity index (χ4v) is 1.80. The highest BCUT2D eigenvalue weighted by Crippen LogP contribution is 2.15. The predicted molar refractivity (Wildman–Crippen MR) is 56.7 cm³/mol. The molecule has 4 heteroatoms. The van der Waals surface area contributed by atoms with Gasteiger partial charge in [-0.25, -0.2) is 0 Å². The zero-order valence-electron chi connectivity index (χ0n) is 8.46. The van der Waals surface area contributed by atoms with E-state index in [0.717, 1.165) is 5.56 Å². The summed E-state index contributed by atoms with van der Waals surface area (Å²) < 4.78 is 0. The van der Waals surface area contributed by atoms with Crippen LogP contribution in [0.4, 0.5) is 0 Å². The van der Waals surface area contributed by atoms with Gasteiger partial charge in [-0.3, -0.25) is 9.59 Å². The molecular weight excluding hydrogens is 198 g/mol. The molecule has 14 heavy (non-hydrogen) atoms. The number of Topliss-reactive ketones (excluding diaryl/α,β-unsaturated/α-hetero) is 1. The van der Waals surface area contributed by atoms with Crippen molar-refractivity contribution < 1.29 is 9.59 Å². The Kier molecular flexibility index (Phi) is 3.41. The summed E-state index contributed by atoms with van der Waals surface area (Å²) in [6, 6.07) is 1.47. The Labute approximate surface area is 87.1 Å². The van der Waals surface area contributed by atoms with Crippen LogP contribution in [0, 0.1) is 6.92 Å². The van der Waals surface area contributed by atoms with Crippen molar-refractivity contribution in [3.05, 3.63) is 21.9 Å². The molecule has 1 atom stereocenters. The maximum absolute atomic E-state index is 11.6. The molecule has 0 spiro atoms. The lowest BCUT2D eigenvalue weighted by Gasteiger charge is -2.09. The lowest BCUT2D eigenvalue weighted by molar-refractivity contribution is -0.118. The van der Waals surface area contributed by atoms with Gasteiger partial charge in [-0.1, -0.05) is 0 Å². The molecule has 0 aliphatic heterocycles. The van der Waals surface area contributed by atoms with Crippen molar-refractivity contribution in [2.45, 2.75) is 26.8 Å². The molecule has 3 nitrogen and oxygen atoms in total. The van der Waals surface area contributed by atoms with Crippen molar-refractivity contribution in [1.29, 1.82) is 0 Å². The second kappa shape index (κ2) is 4.37. The zero-order valence-corrected chi connectivity index (χ0v) is 9.27. The summed E-state index contributed by atoms with van der Waals surface area (Å²) in [6.45, 7) is 5.03. The predicted octanol–water partition coefficient (Wildman–Crippen LogP) is 1.76. The van der Waals surface area contributed by atoms with Crippen LogP contribution in [0.5, 0.6) is 0 Å². The first-order chi connectivity index (χ1) is 6.52. The summed E-state index contributed by atoms with van der Waals surface area (Å²) in [5, 5.41) is 4.51. The van der Waals surface area contributed by atoms with Gasteiger partial charge in [0.2, 0.25) is 0 Å². The van der Waals surface area contributed by atoms with Gasteiger partial charge in [0.05, 0.1) is 10.9 Å². The molecule has 1 N–H and O–H groups in total. The topological polar surface area (TPSA) is 46.2 Å². The Balaban J connectivity index is 2.69. The van der Waals surface area contributed by atoms with Gasteiger partial charge in [-0.2, -0.15) is 0 Å². The number of hydrogen-bond donors (Lipinski definition) is 1. The van der Waals surface area contributed by atoms with E-state index in [9.17, 15) is 9.59 Å². The normalized spacial score (nSPS) is 12.2. The van der Waals surface area contributed by atoms with Gasteiger partial charge < -0.3 is 5.32 Å². The first kappa shape index (κ1) is 10.9. The van der Waals surface area contributed by atoms with Crippen LogP contribution in [0.3, 0.4) is 0 Å². The van der Waals surface area contributed by atoms with Crippen LogP contribution in [0.25, 0.3) is 0 Å². The Hall–Kier alpha value is -1.16. The lowest BCUT2D eigenvalue weighted by Crippen LogP contribution is -2.37. The molecule has 0 aliphatic rings. The van der Waals surface area contributed by atoms with Gasteiger partial charge in [-0.15, -0.1) is 11.3 Å². The van der Waals surface area contributed by atoms with E-state index in [0.29, 0.717) is 4.88 Å².